The number of hydrogen-bond donors (Lipinski definition) is 1. The Bertz CT molecular complexity index is 579. The maximum Gasteiger partial charge on any atom is 0.201 e. The number of piperidine rings is 1. The van der Waals surface area contributed by atoms with Crippen LogP contribution >= 0.6 is 0 Å². The fourth-order valence-electron chi connectivity index (χ4n) is 3.00. The van der Waals surface area contributed by atoms with Crippen LogP contribution in [0.3, 0.4) is 0 Å². The summed E-state index contributed by atoms with van der Waals surface area (Å²) >= 11 is 0. The first-order valence-electron chi connectivity index (χ1n) is 7.05. The van der Waals surface area contributed by atoms with Gasteiger partial charge < -0.3 is 15.2 Å². The van der Waals surface area contributed by atoms with Crippen LogP contribution in [0.5, 0.6) is 0 Å². The number of hydrogen-bond acceptors (Lipinski definition) is 3. The van der Waals surface area contributed by atoms with Crippen molar-refractivity contribution in [3.05, 3.63) is 23.8 Å². The SMILES string of the molecule is Cc1cccc2c1nc(N)n2CC1CCN(C)CC1. The van der Waals surface area contributed by atoms with Crippen LogP contribution in [0.25, 0.3) is 11.0 Å². The molecule has 0 radical (unpaired) electrons. The fraction of sp³-hybridized carbons (Fsp3) is 0.533. The summed E-state index contributed by atoms with van der Waals surface area (Å²) in [4.78, 5) is 6.92. The van der Waals surface area contributed by atoms with E-state index in [4.69, 9.17) is 5.73 Å². The Labute approximate surface area is 114 Å². The van der Waals surface area contributed by atoms with E-state index in [0.717, 1.165) is 18.0 Å². The first-order valence-corrected chi connectivity index (χ1v) is 7.05. The highest BCUT2D eigenvalue weighted by Gasteiger charge is 2.19. The molecule has 2 heterocycles. The Balaban J connectivity index is 1.88. The Morgan fingerprint density at radius 2 is 2.05 bits per heavy atom. The van der Waals surface area contributed by atoms with Crippen molar-refractivity contribution in [3.63, 3.8) is 0 Å². The highest BCUT2D eigenvalue weighted by atomic mass is 15.2. The summed E-state index contributed by atoms with van der Waals surface area (Å²) in [6.07, 6.45) is 2.50. The van der Waals surface area contributed by atoms with E-state index in [1.807, 2.05) is 0 Å². The van der Waals surface area contributed by atoms with E-state index in [1.165, 1.54) is 37.0 Å². The summed E-state index contributed by atoms with van der Waals surface area (Å²) in [7, 11) is 2.19. The van der Waals surface area contributed by atoms with Gasteiger partial charge in [-0.1, -0.05) is 12.1 Å². The standard InChI is InChI=1S/C15H22N4/c1-11-4-3-5-13-14(11)17-15(16)19(13)10-12-6-8-18(2)9-7-12/h3-5,12H,6-10H2,1-2H3,(H2,16,17). The Kier molecular flexibility index (Phi) is 3.19. The number of para-hydroxylation sites is 1. The summed E-state index contributed by atoms with van der Waals surface area (Å²) < 4.78 is 2.19. The highest BCUT2D eigenvalue weighted by Crippen LogP contribution is 2.25. The summed E-state index contributed by atoms with van der Waals surface area (Å²) in [5.74, 6) is 1.37. The summed E-state index contributed by atoms with van der Waals surface area (Å²) in [5.41, 5.74) is 9.53. The molecule has 0 amide bonds. The van der Waals surface area contributed by atoms with E-state index in [2.05, 4.69) is 46.6 Å². The van der Waals surface area contributed by atoms with Crippen LogP contribution in [0.2, 0.25) is 0 Å². The van der Waals surface area contributed by atoms with Gasteiger partial charge >= 0.3 is 0 Å². The lowest BCUT2D eigenvalue weighted by atomic mass is 9.97. The third-order valence-electron chi connectivity index (χ3n) is 4.29. The average molecular weight is 258 g/mol. The third-order valence-corrected chi connectivity index (χ3v) is 4.29. The molecule has 3 rings (SSSR count). The maximum absolute atomic E-state index is 6.11. The predicted octanol–water partition coefficient (Wildman–Crippen LogP) is 2.27. The molecule has 102 valence electrons. The quantitative estimate of drug-likeness (QED) is 0.899. The van der Waals surface area contributed by atoms with Crippen molar-refractivity contribution in [2.24, 2.45) is 5.92 Å². The van der Waals surface area contributed by atoms with Crippen molar-refractivity contribution in [2.75, 3.05) is 25.9 Å². The van der Waals surface area contributed by atoms with Crippen molar-refractivity contribution in [1.82, 2.24) is 14.5 Å². The van der Waals surface area contributed by atoms with E-state index in [0.29, 0.717) is 5.95 Å². The van der Waals surface area contributed by atoms with Gasteiger partial charge in [0.2, 0.25) is 5.95 Å². The van der Waals surface area contributed by atoms with Crippen molar-refractivity contribution in [2.45, 2.75) is 26.3 Å². The van der Waals surface area contributed by atoms with Gasteiger partial charge in [-0.15, -0.1) is 0 Å². The molecule has 4 nitrogen and oxygen atoms in total. The summed E-state index contributed by atoms with van der Waals surface area (Å²) in [6, 6.07) is 6.30. The molecule has 4 heteroatoms. The number of nitrogen functional groups attached to an aromatic ring is 1. The number of nitrogens with zero attached hydrogens (tertiary/aromatic N) is 3. The minimum absolute atomic E-state index is 0.656. The maximum atomic E-state index is 6.11. The molecule has 0 bridgehead atoms. The van der Waals surface area contributed by atoms with Crippen molar-refractivity contribution < 1.29 is 0 Å². The zero-order chi connectivity index (χ0) is 13.4. The van der Waals surface area contributed by atoms with Gasteiger partial charge in [0.25, 0.3) is 0 Å². The molecular formula is C15H22N4. The largest absolute Gasteiger partial charge is 0.369 e. The fourth-order valence-corrected chi connectivity index (χ4v) is 3.00. The second-order valence-corrected chi connectivity index (χ2v) is 5.77. The van der Waals surface area contributed by atoms with Crippen LogP contribution < -0.4 is 5.73 Å². The van der Waals surface area contributed by atoms with E-state index in [-0.39, 0.29) is 0 Å². The second-order valence-electron chi connectivity index (χ2n) is 5.77. The van der Waals surface area contributed by atoms with Crippen molar-refractivity contribution in [1.29, 1.82) is 0 Å². The zero-order valence-corrected chi connectivity index (χ0v) is 11.8. The molecule has 1 saturated heterocycles. The number of aryl methyl sites for hydroxylation is 1. The summed E-state index contributed by atoms with van der Waals surface area (Å²) in [5, 5.41) is 0. The third kappa shape index (κ3) is 2.32. The van der Waals surface area contributed by atoms with E-state index in [1.54, 1.807) is 0 Å². The minimum atomic E-state index is 0.656. The lowest BCUT2D eigenvalue weighted by Crippen LogP contribution is -2.32. The molecule has 1 aliphatic heterocycles. The molecule has 2 N–H and O–H groups in total. The number of aromatic nitrogens is 2. The predicted molar refractivity (Wildman–Crippen MR) is 79.1 cm³/mol. The van der Waals surface area contributed by atoms with Gasteiger partial charge in [-0.05, 0) is 57.5 Å². The molecule has 0 aliphatic carbocycles. The number of nitrogens with two attached hydrogens (primary N) is 1. The van der Waals surface area contributed by atoms with Gasteiger partial charge in [0, 0.05) is 6.54 Å². The monoisotopic (exact) mass is 258 g/mol. The number of anilines is 1. The van der Waals surface area contributed by atoms with Gasteiger partial charge in [0.05, 0.1) is 11.0 Å². The van der Waals surface area contributed by atoms with Crippen LogP contribution in [-0.4, -0.2) is 34.6 Å². The molecule has 1 aliphatic rings. The molecule has 19 heavy (non-hydrogen) atoms. The molecule has 0 spiro atoms. The molecule has 0 saturated carbocycles. The Hall–Kier alpha value is -1.55. The molecule has 1 fully saturated rings. The van der Waals surface area contributed by atoms with Gasteiger partial charge in [-0.25, -0.2) is 4.98 Å². The van der Waals surface area contributed by atoms with E-state index < -0.39 is 0 Å². The minimum Gasteiger partial charge on any atom is -0.369 e. The van der Waals surface area contributed by atoms with Crippen molar-refractivity contribution in [3.8, 4) is 0 Å². The first kappa shape index (κ1) is 12.5. The number of benzene rings is 1. The summed E-state index contributed by atoms with van der Waals surface area (Å²) in [6.45, 7) is 5.47. The van der Waals surface area contributed by atoms with Gasteiger partial charge in [0.1, 0.15) is 0 Å². The molecule has 2 aromatic rings. The zero-order valence-electron chi connectivity index (χ0n) is 11.8. The lowest BCUT2D eigenvalue weighted by molar-refractivity contribution is 0.206. The van der Waals surface area contributed by atoms with E-state index >= 15 is 0 Å². The normalized spacial score (nSPS) is 18.2. The van der Waals surface area contributed by atoms with Crippen LogP contribution in [0.4, 0.5) is 5.95 Å². The molecule has 1 aromatic heterocycles. The first-order chi connectivity index (χ1) is 9.15. The van der Waals surface area contributed by atoms with Gasteiger partial charge in [0.15, 0.2) is 0 Å². The molecular weight excluding hydrogens is 236 g/mol. The molecule has 0 atom stereocenters. The van der Waals surface area contributed by atoms with Crippen molar-refractivity contribution >= 4 is 17.0 Å². The topological polar surface area (TPSA) is 47.1 Å². The molecule has 1 aromatic carbocycles. The number of fused-ring (bicyclic) bond motifs is 1. The van der Waals surface area contributed by atoms with Crippen LogP contribution in [0.15, 0.2) is 18.2 Å². The van der Waals surface area contributed by atoms with Gasteiger partial charge in [-0.3, -0.25) is 0 Å². The molecule has 0 unspecified atom stereocenters. The highest BCUT2D eigenvalue weighted by molar-refractivity contribution is 5.81. The number of imidazole rings is 1. The lowest BCUT2D eigenvalue weighted by Gasteiger charge is -2.29. The van der Waals surface area contributed by atoms with E-state index in [9.17, 15) is 0 Å². The Morgan fingerprint density at radius 3 is 2.79 bits per heavy atom. The van der Waals surface area contributed by atoms with Crippen LogP contribution in [0.1, 0.15) is 18.4 Å². The number of rotatable bonds is 2. The smallest absolute Gasteiger partial charge is 0.201 e. The number of likely N-dealkylation sites (tertiary alicyclic amines) is 1. The Morgan fingerprint density at radius 1 is 1.32 bits per heavy atom. The van der Waals surface area contributed by atoms with Gasteiger partial charge in [-0.2, -0.15) is 0 Å². The van der Waals surface area contributed by atoms with Crippen LogP contribution in [-0.2, 0) is 6.54 Å². The van der Waals surface area contributed by atoms with Crippen LogP contribution in [0, 0.1) is 12.8 Å². The second kappa shape index (κ2) is 4.85. The average Bonchev–Trinajstić information content (AvgIpc) is 2.71.